The van der Waals surface area contributed by atoms with Crippen molar-refractivity contribution in [3.05, 3.63) is 29.8 Å². The first-order chi connectivity index (χ1) is 6.20. The third-order valence-corrected chi connectivity index (χ3v) is 2.53. The lowest BCUT2D eigenvalue weighted by Crippen LogP contribution is -2.14. The standard InChI is InChI=1S/C8H5NO3S/c10-8-7(13(11)12)5-3-1-2-4-6(5)9-8/h1-4H,(H,9,10). The first-order valence-electron chi connectivity index (χ1n) is 3.57. The lowest BCUT2D eigenvalue weighted by atomic mass is 10.2. The van der Waals surface area contributed by atoms with E-state index >= 15 is 0 Å². The van der Waals surface area contributed by atoms with Crippen molar-refractivity contribution in [1.29, 1.82) is 0 Å². The van der Waals surface area contributed by atoms with Crippen molar-refractivity contribution < 1.29 is 13.2 Å². The highest BCUT2D eigenvalue weighted by Gasteiger charge is 2.26. The molecule has 1 N–H and O–H groups in total. The Labute approximate surface area is 75.7 Å². The van der Waals surface area contributed by atoms with E-state index in [-0.39, 0.29) is 4.86 Å². The van der Waals surface area contributed by atoms with Crippen LogP contribution < -0.4 is 5.32 Å². The van der Waals surface area contributed by atoms with Crippen LogP contribution in [0.3, 0.4) is 0 Å². The van der Waals surface area contributed by atoms with E-state index in [1.54, 1.807) is 24.3 Å². The molecule has 1 aliphatic rings. The molecule has 0 radical (unpaired) electrons. The largest absolute Gasteiger partial charge is 0.320 e. The van der Waals surface area contributed by atoms with E-state index in [0.717, 1.165) is 0 Å². The number of anilines is 1. The fourth-order valence-corrected chi connectivity index (χ4v) is 1.82. The molecule has 1 aromatic rings. The van der Waals surface area contributed by atoms with E-state index in [2.05, 4.69) is 5.32 Å². The number of rotatable bonds is 0. The Hall–Kier alpha value is -1.62. The molecule has 0 saturated heterocycles. The summed E-state index contributed by atoms with van der Waals surface area (Å²) in [6.07, 6.45) is 0. The summed E-state index contributed by atoms with van der Waals surface area (Å²) in [7, 11) is -2.48. The van der Waals surface area contributed by atoms with E-state index in [4.69, 9.17) is 0 Å². The smallest absolute Gasteiger partial charge is 0.272 e. The third-order valence-electron chi connectivity index (χ3n) is 1.79. The van der Waals surface area contributed by atoms with Crippen molar-refractivity contribution >= 4 is 26.8 Å². The fraction of sp³-hybridized carbons (Fsp3) is 0. The summed E-state index contributed by atoms with van der Waals surface area (Å²) in [6, 6.07) is 6.67. The third kappa shape index (κ3) is 1.13. The molecule has 66 valence electrons. The minimum Gasteiger partial charge on any atom is -0.320 e. The minimum absolute atomic E-state index is 0.185. The second kappa shape index (κ2) is 2.70. The molecule has 13 heavy (non-hydrogen) atoms. The monoisotopic (exact) mass is 195 g/mol. The molecule has 2 rings (SSSR count). The lowest BCUT2D eigenvalue weighted by molar-refractivity contribution is -0.109. The van der Waals surface area contributed by atoms with Crippen LogP contribution in [0.4, 0.5) is 5.69 Å². The highest BCUT2D eigenvalue weighted by molar-refractivity contribution is 7.75. The van der Waals surface area contributed by atoms with Gasteiger partial charge in [-0.2, -0.15) is 8.42 Å². The first kappa shape index (κ1) is 8.00. The molecule has 1 heterocycles. The van der Waals surface area contributed by atoms with Gasteiger partial charge in [-0.25, -0.2) is 0 Å². The molecule has 1 aromatic carbocycles. The van der Waals surface area contributed by atoms with Gasteiger partial charge in [-0.05, 0) is 6.07 Å². The maximum absolute atomic E-state index is 11.1. The summed E-state index contributed by atoms with van der Waals surface area (Å²) >= 11 is 0. The number of hydrogen-bond donors (Lipinski definition) is 1. The Balaban J connectivity index is 2.81. The predicted molar refractivity (Wildman–Crippen MR) is 48.1 cm³/mol. The van der Waals surface area contributed by atoms with E-state index < -0.39 is 16.2 Å². The summed E-state index contributed by atoms with van der Waals surface area (Å²) < 4.78 is 21.4. The van der Waals surface area contributed by atoms with Gasteiger partial charge in [0.2, 0.25) is 10.3 Å². The van der Waals surface area contributed by atoms with Crippen molar-refractivity contribution in [2.45, 2.75) is 0 Å². The van der Waals surface area contributed by atoms with Crippen molar-refractivity contribution in [3.8, 4) is 0 Å². The second-order valence-electron chi connectivity index (χ2n) is 2.56. The number of carbonyl (C=O) groups is 1. The Morgan fingerprint density at radius 1 is 1.15 bits per heavy atom. The van der Waals surface area contributed by atoms with Gasteiger partial charge in [-0.3, -0.25) is 4.79 Å². The quantitative estimate of drug-likeness (QED) is 0.594. The minimum atomic E-state index is -2.48. The highest BCUT2D eigenvalue weighted by Crippen LogP contribution is 2.21. The Kier molecular flexibility index (Phi) is 1.66. The van der Waals surface area contributed by atoms with Crippen molar-refractivity contribution in [1.82, 2.24) is 0 Å². The molecule has 0 aromatic heterocycles. The van der Waals surface area contributed by atoms with E-state index in [1.165, 1.54) is 0 Å². The van der Waals surface area contributed by atoms with Gasteiger partial charge in [-0.15, -0.1) is 0 Å². The second-order valence-corrected chi connectivity index (χ2v) is 3.44. The van der Waals surface area contributed by atoms with Gasteiger partial charge in [0.05, 0.1) is 5.69 Å². The highest BCUT2D eigenvalue weighted by atomic mass is 32.2. The summed E-state index contributed by atoms with van der Waals surface area (Å²) in [4.78, 5) is 10.9. The Bertz CT molecular complexity index is 508. The molecular weight excluding hydrogens is 190 g/mol. The number of para-hydroxylation sites is 1. The summed E-state index contributed by atoms with van der Waals surface area (Å²) in [5.74, 6) is -0.561. The number of fused-ring (bicyclic) bond motifs is 1. The first-order valence-corrected chi connectivity index (χ1v) is 4.64. The molecule has 0 saturated carbocycles. The molecule has 1 amide bonds. The zero-order chi connectivity index (χ0) is 9.42. The van der Waals surface area contributed by atoms with Gasteiger partial charge < -0.3 is 5.32 Å². The molecule has 0 spiro atoms. The van der Waals surface area contributed by atoms with E-state index in [1.807, 2.05) is 0 Å². The van der Waals surface area contributed by atoms with Gasteiger partial charge in [0.15, 0.2) is 4.86 Å². The average molecular weight is 195 g/mol. The number of nitrogens with one attached hydrogen (secondary N) is 1. The van der Waals surface area contributed by atoms with E-state index in [0.29, 0.717) is 11.3 Å². The molecule has 0 unspecified atom stereocenters. The van der Waals surface area contributed by atoms with Gasteiger partial charge >= 0.3 is 0 Å². The van der Waals surface area contributed by atoms with Gasteiger partial charge in [-0.1, -0.05) is 18.2 Å². The Morgan fingerprint density at radius 2 is 1.85 bits per heavy atom. The van der Waals surface area contributed by atoms with Crippen LogP contribution in [0, 0.1) is 0 Å². The number of benzene rings is 1. The fourth-order valence-electron chi connectivity index (χ4n) is 1.26. The molecule has 5 heteroatoms. The molecule has 1 aliphatic heterocycles. The summed E-state index contributed by atoms with van der Waals surface area (Å²) in [6.45, 7) is 0. The lowest BCUT2D eigenvalue weighted by Gasteiger charge is -1.92. The molecule has 0 bridgehead atoms. The van der Waals surface area contributed by atoms with Crippen LogP contribution in [0.15, 0.2) is 24.3 Å². The average Bonchev–Trinajstić information content (AvgIpc) is 2.39. The van der Waals surface area contributed by atoms with Gasteiger partial charge in [0, 0.05) is 5.56 Å². The maximum Gasteiger partial charge on any atom is 0.272 e. The topological polar surface area (TPSA) is 63.2 Å². The maximum atomic E-state index is 11.1. The zero-order valence-electron chi connectivity index (χ0n) is 6.44. The SMILES string of the molecule is O=C1Nc2ccccc2C1=S(=O)=O. The van der Waals surface area contributed by atoms with Crippen molar-refractivity contribution in [2.75, 3.05) is 5.32 Å². The van der Waals surface area contributed by atoms with Crippen LogP contribution in [-0.2, 0) is 15.1 Å². The van der Waals surface area contributed by atoms with Gasteiger partial charge in [0.1, 0.15) is 0 Å². The van der Waals surface area contributed by atoms with Crippen molar-refractivity contribution in [3.63, 3.8) is 0 Å². The molecular formula is C8H5NO3S. The predicted octanol–water partition coefficient (Wildman–Crippen LogP) is 0.0383. The zero-order valence-corrected chi connectivity index (χ0v) is 7.26. The molecule has 0 fully saturated rings. The van der Waals surface area contributed by atoms with Crippen LogP contribution >= 0.6 is 0 Å². The van der Waals surface area contributed by atoms with Crippen LogP contribution in [-0.4, -0.2) is 19.2 Å². The summed E-state index contributed by atoms with van der Waals surface area (Å²) in [5, 5.41) is 2.46. The molecule has 0 atom stereocenters. The molecule has 4 nitrogen and oxygen atoms in total. The summed E-state index contributed by atoms with van der Waals surface area (Å²) in [5.41, 5.74) is 0.993. The van der Waals surface area contributed by atoms with Crippen LogP contribution in [0.2, 0.25) is 0 Å². The van der Waals surface area contributed by atoms with Crippen LogP contribution in [0.25, 0.3) is 0 Å². The molecule has 0 aliphatic carbocycles. The normalized spacial score (nSPS) is 13.8. The number of hydrogen-bond acceptors (Lipinski definition) is 3. The van der Waals surface area contributed by atoms with Gasteiger partial charge in [0.25, 0.3) is 5.91 Å². The Morgan fingerprint density at radius 3 is 2.54 bits per heavy atom. The van der Waals surface area contributed by atoms with Crippen molar-refractivity contribution in [2.24, 2.45) is 0 Å². The van der Waals surface area contributed by atoms with E-state index in [9.17, 15) is 13.2 Å². The van der Waals surface area contributed by atoms with Crippen LogP contribution in [0.5, 0.6) is 0 Å². The number of amides is 1. The number of carbonyl (C=O) groups excluding carboxylic acids is 1. The van der Waals surface area contributed by atoms with Crippen LogP contribution in [0.1, 0.15) is 5.56 Å².